The minimum Gasteiger partial charge on any atom is -0.333 e. The highest BCUT2D eigenvalue weighted by Gasteiger charge is 2.40. The van der Waals surface area contributed by atoms with Crippen molar-refractivity contribution in [3.05, 3.63) is 30.1 Å². The molecule has 2 rings (SSSR count). The molecular weight excluding hydrogens is 238 g/mol. The van der Waals surface area contributed by atoms with Gasteiger partial charge in [0.15, 0.2) is 0 Å². The van der Waals surface area contributed by atoms with E-state index in [0.29, 0.717) is 6.54 Å². The zero-order valence-electron chi connectivity index (χ0n) is 11.8. The predicted molar refractivity (Wildman–Crippen MR) is 75.3 cm³/mol. The second kappa shape index (κ2) is 5.70. The lowest BCUT2D eigenvalue weighted by atomic mass is 9.96. The molecule has 19 heavy (non-hydrogen) atoms. The van der Waals surface area contributed by atoms with Crippen molar-refractivity contribution in [1.29, 1.82) is 0 Å². The van der Waals surface area contributed by atoms with Gasteiger partial charge in [-0.1, -0.05) is 18.9 Å². The standard InChI is InChI=1S/C15H23N3O/c1-12(2)18(11-13-7-3-6-10-17-13)14(19)15(16)8-4-5-9-15/h3,6-7,10,12H,4-5,8-9,11,16H2,1-2H3. The van der Waals surface area contributed by atoms with Crippen LogP contribution in [0.5, 0.6) is 0 Å². The molecule has 1 aliphatic carbocycles. The van der Waals surface area contributed by atoms with Crippen LogP contribution >= 0.6 is 0 Å². The van der Waals surface area contributed by atoms with E-state index in [1.807, 2.05) is 36.9 Å². The molecule has 2 N–H and O–H groups in total. The van der Waals surface area contributed by atoms with Crippen molar-refractivity contribution < 1.29 is 4.79 Å². The number of amides is 1. The van der Waals surface area contributed by atoms with Gasteiger partial charge in [0, 0.05) is 12.2 Å². The molecule has 0 radical (unpaired) electrons. The first-order chi connectivity index (χ1) is 9.03. The van der Waals surface area contributed by atoms with Crippen LogP contribution in [0.2, 0.25) is 0 Å². The Bertz CT molecular complexity index is 424. The van der Waals surface area contributed by atoms with E-state index >= 15 is 0 Å². The summed E-state index contributed by atoms with van der Waals surface area (Å²) in [6.07, 6.45) is 5.47. The third-order valence-corrected chi connectivity index (χ3v) is 3.86. The number of hydrogen-bond acceptors (Lipinski definition) is 3. The molecule has 1 aromatic rings. The third kappa shape index (κ3) is 3.13. The van der Waals surface area contributed by atoms with E-state index in [2.05, 4.69) is 4.98 Å². The van der Waals surface area contributed by atoms with Crippen molar-refractivity contribution in [3.63, 3.8) is 0 Å². The summed E-state index contributed by atoms with van der Waals surface area (Å²) in [5, 5.41) is 0. The molecule has 0 saturated heterocycles. The van der Waals surface area contributed by atoms with Crippen molar-refractivity contribution in [2.24, 2.45) is 5.73 Å². The number of carbonyl (C=O) groups excluding carboxylic acids is 1. The second-order valence-electron chi connectivity index (χ2n) is 5.71. The minimum absolute atomic E-state index is 0.0747. The molecule has 1 saturated carbocycles. The molecule has 1 amide bonds. The molecule has 0 aliphatic heterocycles. The van der Waals surface area contributed by atoms with Crippen LogP contribution in [0.15, 0.2) is 24.4 Å². The highest BCUT2D eigenvalue weighted by atomic mass is 16.2. The number of nitrogens with two attached hydrogens (primary N) is 1. The summed E-state index contributed by atoms with van der Waals surface area (Å²) >= 11 is 0. The predicted octanol–water partition coefficient (Wildman–Crippen LogP) is 2.09. The lowest BCUT2D eigenvalue weighted by Gasteiger charge is -2.34. The zero-order valence-corrected chi connectivity index (χ0v) is 11.8. The average Bonchev–Trinajstić information content (AvgIpc) is 2.84. The van der Waals surface area contributed by atoms with Crippen LogP contribution in [0.25, 0.3) is 0 Å². The highest BCUT2D eigenvalue weighted by Crippen LogP contribution is 2.30. The molecule has 0 atom stereocenters. The summed E-state index contributed by atoms with van der Waals surface area (Å²) in [7, 11) is 0. The average molecular weight is 261 g/mol. The molecule has 104 valence electrons. The Balaban J connectivity index is 2.14. The fraction of sp³-hybridized carbons (Fsp3) is 0.600. The molecule has 0 aromatic carbocycles. The van der Waals surface area contributed by atoms with Crippen molar-refractivity contribution in [2.45, 2.75) is 57.7 Å². The first-order valence-corrected chi connectivity index (χ1v) is 7.03. The van der Waals surface area contributed by atoms with Gasteiger partial charge in [-0.3, -0.25) is 9.78 Å². The summed E-state index contributed by atoms with van der Waals surface area (Å²) in [6, 6.07) is 5.90. The van der Waals surface area contributed by atoms with Gasteiger partial charge in [-0.15, -0.1) is 0 Å². The fourth-order valence-corrected chi connectivity index (χ4v) is 2.66. The Morgan fingerprint density at radius 1 is 1.42 bits per heavy atom. The number of aromatic nitrogens is 1. The van der Waals surface area contributed by atoms with Gasteiger partial charge in [0.2, 0.25) is 5.91 Å². The number of pyridine rings is 1. The van der Waals surface area contributed by atoms with Crippen LogP contribution in [-0.2, 0) is 11.3 Å². The van der Waals surface area contributed by atoms with Crippen LogP contribution in [0.4, 0.5) is 0 Å². The Morgan fingerprint density at radius 3 is 2.63 bits per heavy atom. The first-order valence-electron chi connectivity index (χ1n) is 7.03. The van der Waals surface area contributed by atoms with E-state index in [1.165, 1.54) is 0 Å². The summed E-state index contributed by atoms with van der Waals surface area (Å²) in [5.74, 6) is 0.0747. The molecule has 4 heteroatoms. The normalized spacial score (nSPS) is 17.7. The lowest BCUT2D eigenvalue weighted by molar-refractivity contribution is -0.139. The van der Waals surface area contributed by atoms with Gasteiger partial charge in [-0.05, 0) is 38.8 Å². The Morgan fingerprint density at radius 2 is 2.11 bits per heavy atom. The van der Waals surface area contributed by atoms with E-state index in [1.54, 1.807) is 6.20 Å². The molecule has 1 fully saturated rings. The lowest BCUT2D eigenvalue weighted by Crippen LogP contribution is -2.55. The van der Waals surface area contributed by atoms with Crippen LogP contribution in [0.3, 0.4) is 0 Å². The Labute approximate surface area is 115 Å². The van der Waals surface area contributed by atoms with Crippen LogP contribution in [-0.4, -0.2) is 27.4 Å². The SMILES string of the molecule is CC(C)N(Cc1ccccn1)C(=O)C1(N)CCCC1. The van der Waals surface area contributed by atoms with Crippen molar-refractivity contribution in [3.8, 4) is 0 Å². The maximum absolute atomic E-state index is 12.7. The Hall–Kier alpha value is -1.42. The number of nitrogens with zero attached hydrogens (tertiary/aromatic N) is 2. The van der Waals surface area contributed by atoms with E-state index < -0.39 is 5.54 Å². The van der Waals surface area contributed by atoms with E-state index in [9.17, 15) is 4.79 Å². The van der Waals surface area contributed by atoms with Gasteiger partial charge in [-0.2, -0.15) is 0 Å². The van der Waals surface area contributed by atoms with Gasteiger partial charge >= 0.3 is 0 Å². The van der Waals surface area contributed by atoms with Gasteiger partial charge in [0.1, 0.15) is 0 Å². The van der Waals surface area contributed by atoms with Crippen molar-refractivity contribution in [1.82, 2.24) is 9.88 Å². The summed E-state index contributed by atoms with van der Waals surface area (Å²) in [6.45, 7) is 4.59. The van der Waals surface area contributed by atoms with Crippen LogP contribution in [0, 0.1) is 0 Å². The smallest absolute Gasteiger partial charge is 0.243 e. The number of rotatable bonds is 4. The van der Waals surface area contributed by atoms with Crippen LogP contribution < -0.4 is 5.73 Å². The largest absolute Gasteiger partial charge is 0.333 e. The van der Waals surface area contributed by atoms with E-state index in [-0.39, 0.29) is 11.9 Å². The maximum Gasteiger partial charge on any atom is 0.243 e. The Kier molecular flexibility index (Phi) is 4.20. The maximum atomic E-state index is 12.7. The molecular formula is C15H23N3O. The summed E-state index contributed by atoms with van der Waals surface area (Å²) < 4.78 is 0. The molecule has 0 spiro atoms. The summed E-state index contributed by atoms with van der Waals surface area (Å²) in [5.41, 5.74) is 6.54. The molecule has 4 nitrogen and oxygen atoms in total. The van der Waals surface area contributed by atoms with Crippen molar-refractivity contribution in [2.75, 3.05) is 0 Å². The fourth-order valence-electron chi connectivity index (χ4n) is 2.66. The van der Waals surface area contributed by atoms with Gasteiger partial charge in [0.05, 0.1) is 17.8 Å². The van der Waals surface area contributed by atoms with Crippen molar-refractivity contribution >= 4 is 5.91 Å². The molecule has 1 aliphatic rings. The van der Waals surface area contributed by atoms with E-state index in [4.69, 9.17) is 5.73 Å². The van der Waals surface area contributed by atoms with Gasteiger partial charge in [-0.25, -0.2) is 0 Å². The molecule has 0 bridgehead atoms. The first kappa shape index (κ1) is 14.0. The zero-order chi connectivity index (χ0) is 13.9. The summed E-state index contributed by atoms with van der Waals surface area (Å²) in [4.78, 5) is 18.8. The minimum atomic E-state index is -0.654. The molecule has 0 unspecified atom stereocenters. The molecule has 1 heterocycles. The highest BCUT2D eigenvalue weighted by molar-refractivity contribution is 5.86. The number of carbonyl (C=O) groups is 1. The quantitative estimate of drug-likeness (QED) is 0.903. The monoisotopic (exact) mass is 261 g/mol. The molecule has 1 aromatic heterocycles. The number of hydrogen-bond donors (Lipinski definition) is 1. The topological polar surface area (TPSA) is 59.2 Å². The van der Waals surface area contributed by atoms with Crippen LogP contribution in [0.1, 0.15) is 45.2 Å². The third-order valence-electron chi connectivity index (χ3n) is 3.86. The second-order valence-corrected chi connectivity index (χ2v) is 5.71. The van der Waals surface area contributed by atoms with Gasteiger partial charge < -0.3 is 10.6 Å². The van der Waals surface area contributed by atoms with E-state index in [0.717, 1.165) is 31.4 Å². The van der Waals surface area contributed by atoms with Gasteiger partial charge in [0.25, 0.3) is 0 Å².